The average molecular weight is 408 g/mol. The van der Waals surface area contributed by atoms with Crippen molar-refractivity contribution in [2.24, 2.45) is 0 Å². The van der Waals surface area contributed by atoms with Crippen LogP contribution in [0, 0.1) is 13.8 Å². The van der Waals surface area contributed by atoms with Crippen molar-refractivity contribution in [3.8, 4) is 11.4 Å². The van der Waals surface area contributed by atoms with Gasteiger partial charge in [-0.1, -0.05) is 18.2 Å². The second-order valence-electron chi connectivity index (χ2n) is 7.64. The van der Waals surface area contributed by atoms with Gasteiger partial charge < -0.3 is 9.84 Å². The van der Waals surface area contributed by atoms with E-state index in [0.29, 0.717) is 24.4 Å². The molecule has 0 aliphatic heterocycles. The van der Waals surface area contributed by atoms with Crippen LogP contribution in [0.1, 0.15) is 34.2 Å². The van der Waals surface area contributed by atoms with Crippen LogP contribution in [-0.4, -0.2) is 51.9 Å². The molecular weight excluding hydrogens is 378 g/mol. The number of ketones is 1. The lowest BCUT2D eigenvalue weighted by Crippen LogP contribution is -2.33. The highest BCUT2D eigenvalue weighted by Crippen LogP contribution is 2.19. The molecule has 0 spiro atoms. The van der Waals surface area contributed by atoms with Crippen LogP contribution in [0.3, 0.4) is 0 Å². The van der Waals surface area contributed by atoms with E-state index in [1.807, 2.05) is 49.0 Å². The highest BCUT2D eigenvalue weighted by molar-refractivity contribution is 5.94. The van der Waals surface area contributed by atoms with Crippen LogP contribution in [-0.2, 0) is 6.54 Å². The van der Waals surface area contributed by atoms with Crippen LogP contribution in [0.5, 0.6) is 5.75 Å². The van der Waals surface area contributed by atoms with Gasteiger partial charge in [-0.05, 0) is 64.2 Å². The van der Waals surface area contributed by atoms with E-state index >= 15 is 0 Å². The maximum atomic E-state index is 11.3. The van der Waals surface area contributed by atoms with Gasteiger partial charge in [-0.25, -0.2) is 4.68 Å². The zero-order chi connectivity index (χ0) is 21.7. The molecule has 0 saturated heterocycles. The van der Waals surface area contributed by atoms with Crippen molar-refractivity contribution < 1.29 is 14.6 Å². The van der Waals surface area contributed by atoms with E-state index in [2.05, 4.69) is 16.9 Å². The van der Waals surface area contributed by atoms with E-state index in [9.17, 15) is 9.90 Å². The Hall–Kier alpha value is -2.96. The minimum Gasteiger partial charge on any atom is -0.491 e. The van der Waals surface area contributed by atoms with Crippen molar-refractivity contribution in [1.82, 2.24) is 14.7 Å². The molecular formula is C24H29N3O3. The number of para-hydroxylation sites is 1. The minimum atomic E-state index is -0.632. The Bertz CT molecular complexity index is 981. The third kappa shape index (κ3) is 5.34. The van der Waals surface area contributed by atoms with Crippen molar-refractivity contribution in [2.75, 3.05) is 20.2 Å². The SMILES string of the molecule is CC(=O)c1ccc(OCC(O)CN(C)Cc2c(C)nn(-c3ccccc3)c2C)cc1. The zero-order valence-electron chi connectivity index (χ0n) is 18.0. The van der Waals surface area contributed by atoms with E-state index < -0.39 is 6.10 Å². The Morgan fingerprint density at radius 3 is 2.43 bits per heavy atom. The van der Waals surface area contributed by atoms with Crippen molar-refractivity contribution in [3.63, 3.8) is 0 Å². The van der Waals surface area contributed by atoms with Gasteiger partial charge in [-0.3, -0.25) is 9.69 Å². The van der Waals surface area contributed by atoms with E-state index in [0.717, 1.165) is 22.6 Å². The predicted octanol–water partition coefficient (Wildman–Crippen LogP) is 3.56. The highest BCUT2D eigenvalue weighted by atomic mass is 16.5. The fraction of sp³-hybridized carbons (Fsp3) is 0.333. The van der Waals surface area contributed by atoms with Gasteiger partial charge in [0.05, 0.1) is 11.4 Å². The van der Waals surface area contributed by atoms with Gasteiger partial charge in [0.2, 0.25) is 0 Å². The number of Topliss-reactive ketones (excluding diaryl/α,β-unsaturated/α-hetero) is 1. The number of hydrogen-bond acceptors (Lipinski definition) is 5. The van der Waals surface area contributed by atoms with Crippen molar-refractivity contribution in [2.45, 2.75) is 33.4 Å². The Morgan fingerprint density at radius 1 is 1.13 bits per heavy atom. The summed E-state index contributed by atoms with van der Waals surface area (Å²) in [6, 6.07) is 17.0. The number of aliphatic hydroxyl groups is 1. The number of rotatable bonds is 9. The number of aromatic nitrogens is 2. The molecule has 0 amide bonds. The highest BCUT2D eigenvalue weighted by Gasteiger charge is 2.16. The second-order valence-corrected chi connectivity index (χ2v) is 7.64. The quantitative estimate of drug-likeness (QED) is 0.550. The molecule has 30 heavy (non-hydrogen) atoms. The van der Waals surface area contributed by atoms with Gasteiger partial charge in [-0.15, -0.1) is 0 Å². The topological polar surface area (TPSA) is 67.6 Å². The van der Waals surface area contributed by atoms with E-state index in [1.54, 1.807) is 24.3 Å². The van der Waals surface area contributed by atoms with E-state index in [4.69, 9.17) is 4.74 Å². The van der Waals surface area contributed by atoms with Gasteiger partial charge in [0.15, 0.2) is 5.78 Å². The van der Waals surface area contributed by atoms with Crippen LogP contribution in [0.2, 0.25) is 0 Å². The molecule has 0 fully saturated rings. The zero-order valence-corrected chi connectivity index (χ0v) is 18.0. The lowest BCUT2D eigenvalue weighted by Gasteiger charge is -2.21. The number of ether oxygens (including phenoxy) is 1. The predicted molar refractivity (Wildman–Crippen MR) is 117 cm³/mol. The van der Waals surface area contributed by atoms with Crippen molar-refractivity contribution in [1.29, 1.82) is 0 Å². The Morgan fingerprint density at radius 2 is 1.80 bits per heavy atom. The molecule has 1 heterocycles. The van der Waals surface area contributed by atoms with E-state index in [1.165, 1.54) is 6.92 Å². The monoisotopic (exact) mass is 407 g/mol. The molecule has 0 bridgehead atoms. The van der Waals surface area contributed by atoms with Gasteiger partial charge in [0.1, 0.15) is 18.5 Å². The summed E-state index contributed by atoms with van der Waals surface area (Å²) in [7, 11) is 1.98. The molecule has 1 unspecified atom stereocenters. The normalized spacial score (nSPS) is 12.2. The van der Waals surface area contributed by atoms with Crippen LogP contribution in [0.25, 0.3) is 5.69 Å². The first-order chi connectivity index (χ1) is 14.3. The molecule has 1 aromatic heterocycles. The Labute approximate surface area is 177 Å². The third-order valence-electron chi connectivity index (χ3n) is 5.10. The number of hydrogen-bond donors (Lipinski definition) is 1. The van der Waals surface area contributed by atoms with Gasteiger partial charge >= 0.3 is 0 Å². The fourth-order valence-electron chi connectivity index (χ4n) is 3.45. The van der Waals surface area contributed by atoms with Crippen LogP contribution < -0.4 is 4.74 Å². The molecule has 0 saturated carbocycles. The fourth-order valence-corrected chi connectivity index (χ4v) is 3.45. The molecule has 3 aromatic rings. The second kappa shape index (κ2) is 9.69. The molecule has 6 nitrogen and oxygen atoms in total. The molecule has 3 rings (SSSR count). The number of benzene rings is 2. The van der Waals surface area contributed by atoms with Crippen molar-refractivity contribution >= 4 is 5.78 Å². The molecule has 0 aliphatic rings. The number of aliphatic hydroxyl groups excluding tert-OH is 1. The van der Waals surface area contributed by atoms with Crippen LogP contribution >= 0.6 is 0 Å². The van der Waals surface area contributed by atoms with Crippen LogP contribution in [0.4, 0.5) is 0 Å². The number of nitrogens with zero attached hydrogens (tertiary/aromatic N) is 3. The summed E-state index contributed by atoms with van der Waals surface area (Å²) in [4.78, 5) is 13.4. The minimum absolute atomic E-state index is 0.0179. The third-order valence-corrected chi connectivity index (χ3v) is 5.10. The standard InChI is InChI=1S/C24H29N3O3/c1-17-24(18(2)27(25-17)21-8-6-5-7-9-21)15-26(4)14-22(29)16-30-23-12-10-20(11-13-23)19(3)28/h5-13,22,29H,14-16H2,1-4H3. The summed E-state index contributed by atoms with van der Waals surface area (Å²) in [5.74, 6) is 0.655. The molecule has 6 heteroatoms. The first kappa shape index (κ1) is 21.7. The number of carbonyl (C=O) groups is 1. The average Bonchev–Trinajstić information content (AvgIpc) is 3.01. The first-order valence-corrected chi connectivity index (χ1v) is 10.1. The molecule has 0 aliphatic carbocycles. The molecule has 0 radical (unpaired) electrons. The van der Waals surface area contributed by atoms with Crippen LogP contribution in [0.15, 0.2) is 54.6 Å². The lowest BCUT2D eigenvalue weighted by molar-refractivity contribution is 0.0742. The summed E-state index contributed by atoms with van der Waals surface area (Å²) in [5, 5.41) is 15.1. The molecule has 1 atom stereocenters. The maximum Gasteiger partial charge on any atom is 0.159 e. The lowest BCUT2D eigenvalue weighted by atomic mass is 10.1. The summed E-state index contributed by atoms with van der Waals surface area (Å²) in [6.45, 7) is 6.96. The number of likely N-dealkylation sites (N-methyl/N-ethyl adjacent to an activating group) is 1. The summed E-state index contributed by atoms with van der Waals surface area (Å²) in [5.41, 5.74) is 4.93. The maximum absolute atomic E-state index is 11.3. The Balaban J connectivity index is 1.55. The smallest absolute Gasteiger partial charge is 0.159 e. The van der Waals surface area contributed by atoms with Gasteiger partial charge in [0.25, 0.3) is 0 Å². The van der Waals surface area contributed by atoms with Gasteiger partial charge in [0, 0.05) is 29.9 Å². The molecule has 2 aromatic carbocycles. The van der Waals surface area contributed by atoms with E-state index in [-0.39, 0.29) is 12.4 Å². The molecule has 1 N–H and O–H groups in total. The summed E-state index contributed by atoms with van der Waals surface area (Å²) in [6.07, 6.45) is -0.632. The largest absolute Gasteiger partial charge is 0.491 e. The van der Waals surface area contributed by atoms with Crippen molar-refractivity contribution in [3.05, 3.63) is 77.1 Å². The number of carbonyl (C=O) groups excluding carboxylic acids is 1. The Kier molecular flexibility index (Phi) is 7.03. The van der Waals surface area contributed by atoms with Gasteiger partial charge in [-0.2, -0.15) is 5.10 Å². The first-order valence-electron chi connectivity index (χ1n) is 10.1. The summed E-state index contributed by atoms with van der Waals surface area (Å²) >= 11 is 0. The molecule has 158 valence electrons. The summed E-state index contributed by atoms with van der Waals surface area (Å²) < 4.78 is 7.62. The number of aryl methyl sites for hydroxylation is 1.